The van der Waals surface area contributed by atoms with Gasteiger partial charge in [-0.2, -0.15) is 0 Å². The van der Waals surface area contributed by atoms with Crippen molar-refractivity contribution >= 4 is 11.4 Å². The number of aliphatic imine (C=N–C) groups is 1. The minimum absolute atomic E-state index is 0.860. The summed E-state index contributed by atoms with van der Waals surface area (Å²) in [6.45, 7) is 2.20. The van der Waals surface area contributed by atoms with Crippen molar-refractivity contribution in [3.63, 3.8) is 0 Å². The predicted octanol–water partition coefficient (Wildman–Crippen LogP) is 5.01. The molecule has 0 saturated heterocycles. The second-order valence-electron chi connectivity index (χ2n) is 4.73. The smallest absolute Gasteiger partial charge is 0.119 e. The Balaban J connectivity index is 2.27. The lowest BCUT2D eigenvalue weighted by Gasteiger charge is -2.07. The third-order valence-electron chi connectivity index (χ3n) is 3.21. The van der Waals surface area contributed by atoms with Crippen LogP contribution in [0.3, 0.4) is 0 Å². The van der Waals surface area contributed by atoms with E-state index < -0.39 is 0 Å². The van der Waals surface area contributed by atoms with Gasteiger partial charge in [0, 0.05) is 5.71 Å². The van der Waals surface area contributed by atoms with E-state index in [1.165, 1.54) is 12.0 Å². The molecule has 0 aliphatic carbocycles. The van der Waals surface area contributed by atoms with Crippen molar-refractivity contribution in [1.29, 1.82) is 0 Å². The Hall–Kier alpha value is -2.09. The van der Waals surface area contributed by atoms with Gasteiger partial charge in [0.1, 0.15) is 5.75 Å². The van der Waals surface area contributed by atoms with E-state index in [-0.39, 0.29) is 0 Å². The number of methoxy groups -OCH3 is 1. The number of nitrogens with zero attached hydrogens (tertiary/aromatic N) is 1. The third-order valence-corrected chi connectivity index (χ3v) is 3.21. The summed E-state index contributed by atoms with van der Waals surface area (Å²) >= 11 is 0. The molecule has 0 bridgehead atoms. The largest absolute Gasteiger partial charge is 0.497 e. The summed E-state index contributed by atoms with van der Waals surface area (Å²) < 4.78 is 5.18. The summed E-state index contributed by atoms with van der Waals surface area (Å²) in [5, 5.41) is 0. The van der Waals surface area contributed by atoms with Gasteiger partial charge in [0.2, 0.25) is 0 Å². The zero-order valence-corrected chi connectivity index (χ0v) is 12.2. The van der Waals surface area contributed by atoms with Crippen molar-refractivity contribution in [2.24, 2.45) is 4.99 Å². The zero-order chi connectivity index (χ0) is 14.2. The molecule has 2 heteroatoms. The minimum atomic E-state index is 0.860. The molecule has 2 aromatic carbocycles. The highest BCUT2D eigenvalue weighted by molar-refractivity contribution is 6.02. The van der Waals surface area contributed by atoms with Crippen LogP contribution in [0.2, 0.25) is 0 Å². The molecule has 0 aliphatic heterocycles. The number of ether oxygens (including phenoxy) is 1. The molecule has 0 radical (unpaired) electrons. The summed E-state index contributed by atoms with van der Waals surface area (Å²) in [6.07, 6.45) is 3.34. The second kappa shape index (κ2) is 7.49. The highest BCUT2D eigenvalue weighted by atomic mass is 16.5. The van der Waals surface area contributed by atoms with E-state index in [4.69, 9.17) is 9.73 Å². The lowest BCUT2D eigenvalue weighted by atomic mass is 10.0. The van der Waals surface area contributed by atoms with Gasteiger partial charge in [0.15, 0.2) is 0 Å². The van der Waals surface area contributed by atoms with Gasteiger partial charge in [-0.15, -0.1) is 0 Å². The van der Waals surface area contributed by atoms with E-state index in [1.807, 2.05) is 30.3 Å². The van der Waals surface area contributed by atoms with E-state index in [9.17, 15) is 0 Å². The molecule has 0 spiro atoms. The standard InChI is InChI=1S/C18H21NO/c1-3-4-10-18(15-8-6-5-7-9-15)19-16-11-13-17(20-2)14-12-16/h5-9,11-14H,3-4,10H2,1-2H3. The van der Waals surface area contributed by atoms with E-state index in [1.54, 1.807) is 7.11 Å². The van der Waals surface area contributed by atoms with Crippen LogP contribution in [0.4, 0.5) is 5.69 Å². The topological polar surface area (TPSA) is 21.6 Å². The molecule has 104 valence electrons. The van der Waals surface area contributed by atoms with Crippen LogP contribution in [-0.4, -0.2) is 12.8 Å². The van der Waals surface area contributed by atoms with Gasteiger partial charge >= 0.3 is 0 Å². The summed E-state index contributed by atoms with van der Waals surface area (Å²) in [4.78, 5) is 4.80. The molecule has 0 amide bonds. The molecule has 0 atom stereocenters. The number of unbranched alkanes of at least 4 members (excludes halogenated alkanes) is 1. The maximum Gasteiger partial charge on any atom is 0.119 e. The molecule has 0 fully saturated rings. The normalized spacial score (nSPS) is 11.4. The average molecular weight is 267 g/mol. The van der Waals surface area contributed by atoms with Crippen molar-refractivity contribution < 1.29 is 4.74 Å². The molecule has 0 aliphatic rings. The maximum absolute atomic E-state index is 5.18. The van der Waals surface area contributed by atoms with E-state index in [2.05, 4.69) is 31.2 Å². The molecular formula is C18H21NO. The Morgan fingerprint density at radius 3 is 2.30 bits per heavy atom. The maximum atomic E-state index is 5.18. The fourth-order valence-electron chi connectivity index (χ4n) is 2.05. The van der Waals surface area contributed by atoms with Crippen molar-refractivity contribution in [2.75, 3.05) is 7.11 Å². The first-order valence-corrected chi connectivity index (χ1v) is 7.10. The Labute approximate surface area is 121 Å². The molecule has 0 N–H and O–H groups in total. The Bertz CT molecular complexity index is 543. The van der Waals surface area contributed by atoms with Crippen LogP contribution in [0, 0.1) is 0 Å². The van der Waals surface area contributed by atoms with Gasteiger partial charge in [-0.3, -0.25) is 4.99 Å². The van der Waals surface area contributed by atoms with E-state index in [0.717, 1.165) is 30.0 Å². The van der Waals surface area contributed by atoms with Crippen LogP contribution < -0.4 is 4.74 Å². The quantitative estimate of drug-likeness (QED) is 0.674. The molecule has 0 unspecified atom stereocenters. The van der Waals surface area contributed by atoms with E-state index in [0.29, 0.717) is 0 Å². The average Bonchev–Trinajstić information content (AvgIpc) is 2.53. The Morgan fingerprint density at radius 1 is 1.00 bits per heavy atom. The van der Waals surface area contributed by atoms with Gasteiger partial charge in [0.25, 0.3) is 0 Å². The number of benzene rings is 2. The van der Waals surface area contributed by atoms with Crippen LogP contribution in [-0.2, 0) is 0 Å². The zero-order valence-electron chi connectivity index (χ0n) is 12.2. The first-order valence-electron chi connectivity index (χ1n) is 7.10. The van der Waals surface area contributed by atoms with Crippen molar-refractivity contribution in [1.82, 2.24) is 0 Å². The molecule has 2 rings (SSSR count). The second-order valence-corrected chi connectivity index (χ2v) is 4.73. The first-order chi connectivity index (χ1) is 9.83. The van der Waals surface area contributed by atoms with Gasteiger partial charge in [-0.25, -0.2) is 0 Å². The van der Waals surface area contributed by atoms with Crippen LogP contribution in [0.25, 0.3) is 0 Å². The van der Waals surface area contributed by atoms with Crippen LogP contribution in [0.1, 0.15) is 31.7 Å². The Kier molecular flexibility index (Phi) is 5.36. The summed E-state index contributed by atoms with van der Waals surface area (Å²) in [6, 6.07) is 18.3. The summed E-state index contributed by atoms with van der Waals surface area (Å²) in [5.41, 5.74) is 3.33. The molecule has 0 saturated carbocycles. The summed E-state index contributed by atoms with van der Waals surface area (Å²) in [7, 11) is 1.68. The Morgan fingerprint density at radius 2 is 1.70 bits per heavy atom. The van der Waals surface area contributed by atoms with Crippen molar-refractivity contribution in [3.8, 4) is 5.75 Å². The lowest BCUT2D eigenvalue weighted by Crippen LogP contribution is -2.00. The molecule has 2 nitrogen and oxygen atoms in total. The molecular weight excluding hydrogens is 246 g/mol. The SMILES string of the molecule is CCCCC(=Nc1ccc(OC)cc1)c1ccccc1. The first kappa shape index (κ1) is 14.3. The van der Waals surface area contributed by atoms with Gasteiger partial charge in [-0.05, 0) is 42.7 Å². The van der Waals surface area contributed by atoms with Gasteiger partial charge in [-0.1, -0.05) is 43.7 Å². The number of hydrogen-bond acceptors (Lipinski definition) is 2. The number of rotatable bonds is 6. The monoisotopic (exact) mass is 267 g/mol. The molecule has 20 heavy (non-hydrogen) atoms. The van der Waals surface area contributed by atoms with Crippen LogP contribution >= 0.6 is 0 Å². The predicted molar refractivity (Wildman–Crippen MR) is 85.2 cm³/mol. The van der Waals surface area contributed by atoms with Gasteiger partial charge < -0.3 is 4.74 Å². The van der Waals surface area contributed by atoms with Crippen LogP contribution in [0.5, 0.6) is 5.75 Å². The van der Waals surface area contributed by atoms with Crippen molar-refractivity contribution in [2.45, 2.75) is 26.2 Å². The highest BCUT2D eigenvalue weighted by Gasteiger charge is 2.03. The highest BCUT2D eigenvalue weighted by Crippen LogP contribution is 2.20. The third kappa shape index (κ3) is 3.95. The number of hydrogen-bond donors (Lipinski definition) is 0. The summed E-state index contributed by atoms with van der Waals surface area (Å²) in [5.74, 6) is 0.860. The minimum Gasteiger partial charge on any atom is -0.497 e. The van der Waals surface area contributed by atoms with Gasteiger partial charge in [0.05, 0.1) is 12.8 Å². The van der Waals surface area contributed by atoms with Crippen LogP contribution in [0.15, 0.2) is 59.6 Å². The van der Waals surface area contributed by atoms with Crippen molar-refractivity contribution in [3.05, 3.63) is 60.2 Å². The van der Waals surface area contributed by atoms with E-state index >= 15 is 0 Å². The fourth-order valence-corrected chi connectivity index (χ4v) is 2.05. The lowest BCUT2D eigenvalue weighted by molar-refractivity contribution is 0.415. The molecule has 2 aromatic rings. The molecule has 0 aromatic heterocycles. The molecule has 0 heterocycles. The fraction of sp³-hybridized carbons (Fsp3) is 0.278.